The standard InChI is InChI=1S/C16H21NO5/c1-11(16(19)20)17(13-5-6-13)15(18)12-3-7-14(8-4-12)22-10-9-21-2/h3-4,7-8,11,13H,5-6,9-10H2,1-2H3,(H,19,20). The Hall–Kier alpha value is -2.08. The maximum Gasteiger partial charge on any atom is 0.326 e. The predicted octanol–water partition coefficient (Wildman–Crippen LogP) is 1.79. The van der Waals surface area contributed by atoms with Crippen molar-refractivity contribution in [1.29, 1.82) is 0 Å². The number of carbonyl (C=O) groups excluding carboxylic acids is 1. The molecule has 1 amide bonds. The van der Waals surface area contributed by atoms with E-state index in [-0.39, 0.29) is 11.9 Å². The van der Waals surface area contributed by atoms with Crippen LogP contribution in [0.5, 0.6) is 5.75 Å². The molecule has 1 aliphatic rings. The first-order chi connectivity index (χ1) is 10.5. The van der Waals surface area contributed by atoms with E-state index in [1.165, 1.54) is 4.90 Å². The van der Waals surface area contributed by atoms with Crippen molar-refractivity contribution >= 4 is 11.9 Å². The summed E-state index contributed by atoms with van der Waals surface area (Å²) < 4.78 is 10.3. The number of hydrogen-bond donors (Lipinski definition) is 1. The molecule has 1 fully saturated rings. The van der Waals surface area contributed by atoms with Crippen molar-refractivity contribution in [3.8, 4) is 5.75 Å². The lowest BCUT2D eigenvalue weighted by Gasteiger charge is -2.26. The average molecular weight is 307 g/mol. The van der Waals surface area contributed by atoms with Gasteiger partial charge in [-0.25, -0.2) is 4.79 Å². The minimum atomic E-state index is -0.986. The molecule has 0 radical (unpaired) electrons. The summed E-state index contributed by atoms with van der Waals surface area (Å²) in [5.74, 6) is -0.585. The van der Waals surface area contributed by atoms with Gasteiger partial charge in [0.05, 0.1) is 6.61 Å². The largest absolute Gasteiger partial charge is 0.491 e. The molecule has 2 rings (SSSR count). The topological polar surface area (TPSA) is 76.1 Å². The molecule has 6 heteroatoms. The minimum absolute atomic E-state index is 0.0382. The summed E-state index contributed by atoms with van der Waals surface area (Å²) >= 11 is 0. The summed E-state index contributed by atoms with van der Waals surface area (Å²) in [6.45, 7) is 2.47. The Morgan fingerprint density at radius 3 is 2.41 bits per heavy atom. The van der Waals surface area contributed by atoms with Crippen LogP contribution in [0.3, 0.4) is 0 Å². The number of carboxylic acids is 1. The van der Waals surface area contributed by atoms with Gasteiger partial charge in [0.15, 0.2) is 0 Å². The maximum absolute atomic E-state index is 12.5. The zero-order chi connectivity index (χ0) is 16.1. The van der Waals surface area contributed by atoms with Crippen LogP contribution < -0.4 is 4.74 Å². The quantitative estimate of drug-likeness (QED) is 0.741. The van der Waals surface area contributed by atoms with Crippen molar-refractivity contribution in [2.24, 2.45) is 0 Å². The molecule has 1 atom stereocenters. The highest BCUT2D eigenvalue weighted by Crippen LogP contribution is 2.30. The normalized spacial score (nSPS) is 15.2. The molecule has 1 N–H and O–H groups in total. The highest BCUT2D eigenvalue weighted by molar-refractivity contribution is 5.97. The van der Waals surface area contributed by atoms with Crippen LogP contribution in [0.15, 0.2) is 24.3 Å². The fraction of sp³-hybridized carbons (Fsp3) is 0.500. The van der Waals surface area contributed by atoms with Gasteiger partial charge in [-0.1, -0.05) is 0 Å². The van der Waals surface area contributed by atoms with Crippen LogP contribution in [-0.2, 0) is 9.53 Å². The van der Waals surface area contributed by atoms with Gasteiger partial charge in [0.1, 0.15) is 18.4 Å². The zero-order valence-electron chi connectivity index (χ0n) is 12.8. The number of rotatable bonds is 8. The molecule has 0 bridgehead atoms. The summed E-state index contributed by atoms with van der Waals surface area (Å²) in [5, 5.41) is 9.16. The molecule has 0 saturated heterocycles. The molecule has 120 valence electrons. The molecular weight excluding hydrogens is 286 g/mol. The van der Waals surface area contributed by atoms with Crippen LogP contribution in [-0.4, -0.2) is 54.3 Å². The Morgan fingerprint density at radius 2 is 1.91 bits per heavy atom. The van der Waals surface area contributed by atoms with Gasteiger partial charge in [-0.2, -0.15) is 0 Å². The monoisotopic (exact) mass is 307 g/mol. The molecule has 1 aliphatic carbocycles. The first-order valence-electron chi connectivity index (χ1n) is 7.32. The van der Waals surface area contributed by atoms with E-state index in [1.807, 2.05) is 0 Å². The Labute approximate surface area is 129 Å². The lowest BCUT2D eigenvalue weighted by Crippen LogP contribution is -2.44. The van der Waals surface area contributed by atoms with Gasteiger partial charge in [-0.05, 0) is 44.0 Å². The van der Waals surface area contributed by atoms with Crippen LogP contribution >= 0.6 is 0 Å². The predicted molar refractivity (Wildman–Crippen MR) is 80.1 cm³/mol. The number of benzene rings is 1. The van der Waals surface area contributed by atoms with Gasteiger partial charge >= 0.3 is 5.97 Å². The molecule has 22 heavy (non-hydrogen) atoms. The lowest BCUT2D eigenvalue weighted by molar-refractivity contribution is -0.141. The molecule has 1 aromatic rings. The summed E-state index contributed by atoms with van der Waals surface area (Å²) in [4.78, 5) is 25.2. The van der Waals surface area contributed by atoms with E-state index in [0.717, 1.165) is 12.8 Å². The fourth-order valence-corrected chi connectivity index (χ4v) is 2.22. The van der Waals surface area contributed by atoms with Crippen LogP contribution in [0.4, 0.5) is 0 Å². The van der Waals surface area contributed by atoms with Gasteiger partial charge < -0.3 is 19.5 Å². The Kier molecular flexibility index (Phi) is 5.38. The Bertz CT molecular complexity index is 524. The van der Waals surface area contributed by atoms with Crippen molar-refractivity contribution in [1.82, 2.24) is 4.90 Å². The second kappa shape index (κ2) is 7.26. The van der Waals surface area contributed by atoms with E-state index in [0.29, 0.717) is 24.5 Å². The number of aliphatic carboxylic acids is 1. The third-order valence-corrected chi connectivity index (χ3v) is 3.61. The summed E-state index contributed by atoms with van der Waals surface area (Å²) in [6, 6.07) is 5.95. The van der Waals surface area contributed by atoms with Gasteiger partial charge in [-0.3, -0.25) is 4.79 Å². The number of carbonyl (C=O) groups is 2. The molecular formula is C16H21NO5. The van der Waals surface area contributed by atoms with Crippen molar-refractivity contribution in [3.05, 3.63) is 29.8 Å². The van der Waals surface area contributed by atoms with Crippen molar-refractivity contribution < 1.29 is 24.2 Å². The number of methoxy groups -OCH3 is 1. The van der Waals surface area contributed by atoms with Crippen LogP contribution in [0, 0.1) is 0 Å². The highest BCUT2D eigenvalue weighted by atomic mass is 16.5. The third-order valence-electron chi connectivity index (χ3n) is 3.61. The lowest BCUT2D eigenvalue weighted by atomic mass is 10.1. The second-order valence-electron chi connectivity index (χ2n) is 5.32. The first-order valence-corrected chi connectivity index (χ1v) is 7.32. The van der Waals surface area contributed by atoms with Crippen LogP contribution in [0.1, 0.15) is 30.1 Å². The van der Waals surface area contributed by atoms with E-state index < -0.39 is 12.0 Å². The molecule has 6 nitrogen and oxygen atoms in total. The summed E-state index contributed by atoms with van der Waals surface area (Å²) in [7, 11) is 1.60. The van der Waals surface area contributed by atoms with Gasteiger partial charge in [0, 0.05) is 18.7 Å². The minimum Gasteiger partial charge on any atom is -0.491 e. The molecule has 1 unspecified atom stereocenters. The number of hydrogen-bond acceptors (Lipinski definition) is 4. The molecule has 0 heterocycles. The highest BCUT2D eigenvalue weighted by Gasteiger charge is 2.38. The summed E-state index contributed by atoms with van der Waals surface area (Å²) in [6.07, 6.45) is 1.73. The third kappa shape index (κ3) is 3.98. The van der Waals surface area contributed by atoms with Crippen molar-refractivity contribution in [2.45, 2.75) is 31.8 Å². The SMILES string of the molecule is COCCOc1ccc(C(=O)N(C2CC2)C(C)C(=O)O)cc1. The van der Waals surface area contributed by atoms with Gasteiger partial charge in [-0.15, -0.1) is 0 Å². The first kappa shape index (κ1) is 16.3. The van der Waals surface area contributed by atoms with Gasteiger partial charge in [0.25, 0.3) is 5.91 Å². The van der Waals surface area contributed by atoms with Crippen LogP contribution in [0.2, 0.25) is 0 Å². The second-order valence-corrected chi connectivity index (χ2v) is 5.32. The van der Waals surface area contributed by atoms with E-state index in [4.69, 9.17) is 14.6 Å². The number of ether oxygens (including phenoxy) is 2. The van der Waals surface area contributed by atoms with E-state index in [2.05, 4.69) is 0 Å². The van der Waals surface area contributed by atoms with E-state index in [9.17, 15) is 9.59 Å². The van der Waals surface area contributed by atoms with E-state index in [1.54, 1.807) is 38.3 Å². The number of amides is 1. The molecule has 0 spiro atoms. The van der Waals surface area contributed by atoms with Crippen molar-refractivity contribution in [2.75, 3.05) is 20.3 Å². The average Bonchev–Trinajstić information content (AvgIpc) is 3.33. The van der Waals surface area contributed by atoms with Gasteiger partial charge in [0.2, 0.25) is 0 Å². The van der Waals surface area contributed by atoms with Crippen LogP contribution in [0.25, 0.3) is 0 Å². The molecule has 1 saturated carbocycles. The molecule has 0 aromatic heterocycles. The fourth-order valence-electron chi connectivity index (χ4n) is 2.22. The summed E-state index contributed by atoms with van der Waals surface area (Å²) in [5.41, 5.74) is 0.471. The number of nitrogens with zero attached hydrogens (tertiary/aromatic N) is 1. The Balaban J connectivity index is 2.05. The molecule has 0 aliphatic heterocycles. The smallest absolute Gasteiger partial charge is 0.326 e. The number of carboxylic acid groups (broad SMARTS) is 1. The van der Waals surface area contributed by atoms with E-state index >= 15 is 0 Å². The van der Waals surface area contributed by atoms with Crippen molar-refractivity contribution in [3.63, 3.8) is 0 Å². The zero-order valence-corrected chi connectivity index (χ0v) is 12.8. The molecule has 1 aromatic carbocycles. The Morgan fingerprint density at radius 1 is 1.27 bits per heavy atom. The maximum atomic E-state index is 12.5.